The summed E-state index contributed by atoms with van der Waals surface area (Å²) in [5.74, 6) is 0.818. The third kappa shape index (κ3) is 2.57. The van der Waals surface area contributed by atoms with Crippen molar-refractivity contribution in [2.75, 3.05) is 19.8 Å². The molecule has 0 aromatic heterocycles. The summed E-state index contributed by atoms with van der Waals surface area (Å²) in [7, 11) is 0. The van der Waals surface area contributed by atoms with Crippen molar-refractivity contribution >= 4 is 0 Å². The van der Waals surface area contributed by atoms with Crippen LogP contribution in [0, 0.1) is 16.7 Å². The quantitative estimate of drug-likeness (QED) is 0.746. The lowest BCUT2D eigenvalue weighted by Gasteiger charge is -2.39. The van der Waals surface area contributed by atoms with Gasteiger partial charge in [0.1, 0.15) is 0 Å². The average molecular weight is 269 g/mol. The van der Waals surface area contributed by atoms with Crippen molar-refractivity contribution in [2.45, 2.75) is 65.5 Å². The van der Waals surface area contributed by atoms with Crippen molar-refractivity contribution in [3.63, 3.8) is 0 Å². The zero-order valence-corrected chi connectivity index (χ0v) is 13.0. The molecule has 2 saturated carbocycles. The Balaban J connectivity index is 1.87. The standard InChI is InChI=1S/C16H31NO2/c1-5-8-17-13(10-18)11-19-14-9-12-6-7-16(14,4)15(12,2)3/h12-14,17-18H,5-11H2,1-4H3. The molecule has 3 heteroatoms. The topological polar surface area (TPSA) is 41.5 Å². The number of nitrogens with one attached hydrogen (secondary N) is 1. The highest BCUT2D eigenvalue weighted by atomic mass is 16.5. The Labute approximate surface area is 118 Å². The van der Waals surface area contributed by atoms with Crippen molar-refractivity contribution in [3.8, 4) is 0 Å². The van der Waals surface area contributed by atoms with Crippen molar-refractivity contribution in [3.05, 3.63) is 0 Å². The van der Waals surface area contributed by atoms with Gasteiger partial charge < -0.3 is 15.2 Å². The number of fused-ring (bicyclic) bond motifs is 2. The van der Waals surface area contributed by atoms with E-state index in [-0.39, 0.29) is 12.6 Å². The minimum atomic E-state index is 0.0887. The summed E-state index contributed by atoms with van der Waals surface area (Å²) in [6, 6.07) is 0.0887. The predicted octanol–water partition coefficient (Wildman–Crippen LogP) is 2.58. The van der Waals surface area contributed by atoms with E-state index in [9.17, 15) is 5.11 Å². The molecule has 0 amide bonds. The SMILES string of the molecule is CCCNC(CO)COC1CC2CCC1(C)C2(C)C. The van der Waals surface area contributed by atoms with Crippen LogP contribution in [-0.4, -0.2) is 37.0 Å². The van der Waals surface area contributed by atoms with Gasteiger partial charge in [-0.25, -0.2) is 0 Å². The molecule has 2 fully saturated rings. The molecule has 4 unspecified atom stereocenters. The van der Waals surface area contributed by atoms with Gasteiger partial charge in [0, 0.05) is 0 Å². The Morgan fingerprint density at radius 2 is 2.11 bits per heavy atom. The summed E-state index contributed by atoms with van der Waals surface area (Å²) in [4.78, 5) is 0. The lowest BCUT2D eigenvalue weighted by atomic mass is 9.70. The van der Waals surface area contributed by atoms with Crippen LogP contribution in [0.4, 0.5) is 0 Å². The molecule has 0 heterocycles. The molecule has 4 atom stereocenters. The van der Waals surface area contributed by atoms with E-state index >= 15 is 0 Å². The van der Waals surface area contributed by atoms with Gasteiger partial charge in [-0.1, -0.05) is 27.7 Å². The van der Waals surface area contributed by atoms with Crippen LogP contribution in [0.1, 0.15) is 53.4 Å². The summed E-state index contributed by atoms with van der Waals surface area (Å²) >= 11 is 0. The number of ether oxygens (including phenoxy) is 1. The van der Waals surface area contributed by atoms with Gasteiger partial charge in [-0.2, -0.15) is 0 Å². The molecule has 2 aliphatic carbocycles. The molecule has 0 aliphatic heterocycles. The number of rotatable bonds is 7. The van der Waals surface area contributed by atoms with E-state index in [1.54, 1.807) is 0 Å². The molecule has 2 rings (SSSR count). The molecule has 2 bridgehead atoms. The summed E-state index contributed by atoms with van der Waals surface area (Å²) < 4.78 is 6.20. The van der Waals surface area contributed by atoms with Crippen molar-refractivity contribution in [1.29, 1.82) is 0 Å². The summed E-state index contributed by atoms with van der Waals surface area (Å²) in [5.41, 5.74) is 0.728. The fourth-order valence-electron chi connectivity index (χ4n) is 4.14. The molecule has 0 spiro atoms. The molecule has 2 N–H and O–H groups in total. The van der Waals surface area contributed by atoms with Crippen LogP contribution in [0.2, 0.25) is 0 Å². The normalized spacial score (nSPS) is 37.7. The van der Waals surface area contributed by atoms with E-state index in [1.165, 1.54) is 19.3 Å². The van der Waals surface area contributed by atoms with Gasteiger partial charge in [0.15, 0.2) is 0 Å². The third-order valence-electron chi connectivity index (χ3n) is 6.12. The van der Waals surface area contributed by atoms with Gasteiger partial charge in [0.05, 0.1) is 25.4 Å². The molecular formula is C16H31NO2. The van der Waals surface area contributed by atoms with Crippen molar-refractivity contribution in [2.24, 2.45) is 16.7 Å². The second-order valence-electron chi connectivity index (χ2n) is 7.27. The van der Waals surface area contributed by atoms with Crippen molar-refractivity contribution < 1.29 is 9.84 Å². The Kier molecular flexibility index (Phi) is 4.59. The Bertz CT molecular complexity index is 305. The first-order valence-corrected chi connectivity index (χ1v) is 7.91. The molecule has 0 saturated heterocycles. The molecule has 19 heavy (non-hydrogen) atoms. The highest BCUT2D eigenvalue weighted by Crippen LogP contribution is 2.66. The maximum Gasteiger partial charge on any atom is 0.0646 e. The van der Waals surface area contributed by atoms with E-state index in [2.05, 4.69) is 33.0 Å². The van der Waals surface area contributed by atoms with E-state index < -0.39 is 0 Å². The van der Waals surface area contributed by atoms with Crippen LogP contribution in [-0.2, 0) is 4.74 Å². The second-order valence-corrected chi connectivity index (χ2v) is 7.27. The molecular weight excluding hydrogens is 238 g/mol. The van der Waals surface area contributed by atoms with Crippen molar-refractivity contribution in [1.82, 2.24) is 5.32 Å². The lowest BCUT2D eigenvalue weighted by Crippen LogP contribution is -2.42. The van der Waals surface area contributed by atoms with E-state index in [0.717, 1.165) is 18.9 Å². The Morgan fingerprint density at radius 1 is 1.37 bits per heavy atom. The molecule has 112 valence electrons. The first-order chi connectivity index (χ1) is 8.95. The highest BCUT2D eigenvalue weighted by Gasteiger charge is 2.61. The van der Waals surface area contributed by atoms with E-state index in [4.69, 9.17) is 4.74 Å². The minimum Gasteiger partial charge on any atom is -0.395 e. The minimum absolute atomic E-state index is 0.0887. The maximum atomic E-state index is 9.38. The zero-order valence-electron chi connectivity index (χ0n) is 13.0. The highest BCUT2D eigenvalue weighted by molar-refractivity contribution is 5.11. The first-order valence-electron chi connectivity index (χ1n) is 7.91. The van der Waals surface area contributed by atoms with Crippen LogP contribution in [0.5, 0.6) is 0 Å². The monoisotopic (exact) mass is 269 g/mol. The lowest BCUT2D eigenvalue weighted by molar-refractivity contribution is -0.0571. The molecule has 0 radical (unpaired) electrons. The van der Waals surface area contributed by atoms with Gasteiger partial charge in [-0.15, -0.1) is 0 Å². The summed E-state index contributed by atoms with van der Waals surface area (Å²) in [6.45, 7) is 11.1. The van der Waals surface area contributed by atoms with Gasteiger partial charge in [0.2, 0.25) is 0 Å². The summed E-state index contributed by atoms with van der Waals surface area (Å²) in [6.07, 6.45) is 5.32. The van der Waals surface area contributed by atoms with E-state index in [1.807, 2.05) is 0 Å². The summed E-state index contributed by atoms with van der Waals surface area (Å²) in [5, 5.41) is 12.7. The number of hydrogen-bond acceptors (Lipinski definition) is 3. The molecule has 3 nitrogen and oxygen atoms in total. The van der Waals surface area contributed by atoms with Crippen LogP contribution >= 0.6 is 0 Å². The Morgan fingerprint density at radius 3 is 2.58 bits per heavy atom. The molecule has 2 aliphatic rings. The largest absolute Gasteiger partial charge is 0.395 e. The molecule has 0 aromatic carbocycles. The average Bonchev–Trinajstić information content (AvgIpc) is 2.72. The number of aliphatic hydroxyl groups is 1. The van der Waals surface area contributed by atoms with Gasteiger partial charge in [-0.05, 0) is 49.0 Å². The van der Waals surface area contributed by atoms with Gasteiger partial charge in [-0.3, -0.25) is 0 Å². The van der Waals surface area contributed by atoms with Crippen LogP contribution in [0.3, 0.4) is 0 Å². The van der Waals surface area contributed by atoms with Crippen LogP contribution in [0.15, 0.2) is 0 Å². The first kappa shape index (κ1) is 15.3. The molecule has 0 aromatic rings. The fraction of sp³-hybridized carbons (Fsp3) is 1.00. The van der Waals surface area contributed by atoms with Gasteiger partial charge >= 0.3 is 0 Å². The number of aliphatic hydroxyl groups excluding tert-OH is 1. The number of hydrogen-bond donors (Lipinski definition) is 2. The Hall–Kier alpha value is -0.120. The third-order valence-corrected chi connectivity index (χ3v) is 6.12. The fourth-order valence-corrected chi connectivity index (χ4v) is 4.14. The zero-order chi connectivity index (χ0) is 14.1. The van der Waals surface area contributed by atoms with Crippen LogP contribution in [0.25, 0.3) is 0 Å². The van der Waals surface area contributed by atoms with E-state index in [0.29, 0.717) is 23.5 Å². The smallest absolute Gasteiger partial charge is 0.0646 e. The second kappa shape index (κ2) is 5.71. The predicted molar refractivity (Wildman–Crippen MR) is 78.1 cm³/mol. The van der Waals surface area contributed by atoms with Gasteiger partial charge in [0.25, 0.3) is 0 Å². The van der Waals surface area contributed by atoms with Crippen LogP contribution < -0.4 is 5.32 Å². The maximum absolute atomic E-state index is 9.38.